The van der Waals surface area contributed by atoms with Gasteiger partial charge >= 0.3 is 6.09 Å². The molecule has 0 aliphatic carbocycles. The minimum absolute atomic E-state index is 0.110. The minimum atomic E-state index is -0.651. The van der Waals surface area contributed by atoms with E-state index in [2.05, 4.69) is 16.0 Å². The Labute approximate surface area is 240 Å². The number of imidazole rings is 1. The van der Waals surface area contributed by atoms with Crippen molar-refractivity contribution in [2.24, 2.45) is 0 Å². The molecule has 1 saturated heterocycles. The summed E-state index contributed by atoms with van der Waals surface area (Å²) < 4.78 is 37.2. The molecule has 0 spiro atoms. The van der Waals surface area contributed by atoms with Crippen LogP contribution in [-0.4, -0.2) is 50.0 Å². The first-order valence-corrected chi connectivity index (χ1v) is 14.5. The van der Waals surface area contributed by atoms with Crippen LogP contribution in [0.25, 0.3) is 33.1 Å². The zero-order valence-corrected chi connectivity index (χ0v) is 24.1. The monoisotopic (exact) mass is 583 g/mol. The number of aromatic nitrogens is 3. The van der Waals surface area contributed by atoms with Crippen molar-refractivity contribution < 1.29 is 18.3 Å². The number of carbonyl (C=O) groups excluding carboxylic acids is 1. The van der Waals surface area contributed by atoms with Gasteiger partial charge in [0.2, 0.25) is 0 Å². The fraction of sp³-hybridized carbons (Fsp3) is 0.379. The number of hydrogen-bond donors (Lipinski definition) is 0. The molecule has 208 valence electrons. The van der Waals surface area contributed by atoms with Gasteiger partial charge < -0.3 is 14.2 Å². The maximum atomic E-state index is 16.1. The van der Waals surface area contributed by atoms with E-state index < -0.39 is 23.3 Å². The molecular formula is C29H28ClF2N5O2S. The number of ether oxygens (including phenoxy) is 1. The van der Waals surface area contributed by atoms with Gasteiger partial charge in [-0.05, 0) is 63.6 Å². The summed E-state index contributed by atoms with van der Waals surface area (Å²) in [6.07, 6.45) is 4.37. The maximum absolute atomic E-state index is 16.1. The highest BCUT2D eigenvalue weighted by molar-refractivity contribution is 7.98. The third-order valence-electron chi connectivity index (χ3n) is 7.02. The van der Waals surface area contributed by atoms with Crippen LogP contribution in [0.15, 0.2) is 41.7 Å². The summed E-state index contributed by atoms with van der Waals surface area (Å²) in [5.41, 5.74) is 1.40. The molecule has 4 aromatic rings. The average molecular weight is 584 g/mol. The van der Waals surface area contributed by atoms with E-state index in [0.717, 1.165) is 0 Å². The number of thioether (sulfide) groups is 1. The van der Waals surface area contributed by atoms with Crippen LogP contribution in [0, 0.1) is 23.0 Å². The Morgan fingerprint density at radius 1 is 1.25 bits per heavy atom. The fourth-order valence-electron chi connectivity index (χ4n) is 5.28. The molecule has 2 aromatic heterocycles. The summed E-state index contributed by atoms with van der Waals surface area (Å²) >= 11 is 8.00. The van der Waals surface area contributed by atoms with Crippen molar-refractivity contribution in [3.63, 3.8) is 0 Å². The summed E-state index contributed by atoms with van der Waals surface area (Å²) in [5, 5.41) is 10.7. The number of piperidine rings is 1. The maximum Gasteiger partial charge on any atom is 0.410 e. The molecule has 3 heterocycles. The van der Waals surface area contributed by atoms with E-state index in [4.69, 9.17) is 16.3 Å². The summed E-state index contributed by atoms with van der Waals surface area (Å²) in [7, 11) is 0. The molecule has 1 amide bonds. The summed E-state index contributed by atoms with van der Waals surface area (Å²) in [5.74, 6) is -1.02. The highest BCUT2D eigenvalue weighted by Gasteiger charge is 2.36. The molecule has 2 aromatic carbocycles. The smallest absolute Gasteiger partial charge is 0.410 e. The molecule has 0 N–H and O–H groups in total. The predicted molar refractivity (Wildman–Crippen MR) is 152 cm³/mol. The molecule has 0 radical (unpaired) electrons. The van der Waals surface area contributed by atoms with Gasteiger partial charge in [0.1, 0.15) is 27.5 Å². The lowest BCUT2D eigenvalue weighted by Gasteiger charge is -2.39. The number of rotatable bonds is 4. The molecule has 11 heteroatoms. The van der Waals surface area contributed by atoms with Crippen molar-refractivity contribution >= 4 is 51.4 Å². The van der Waals surface area contributed by atoms with Gasteiger partial charge in [-0.25, -0.2) is 23.5 Å². The lowest BCUT2D eigenvalue weighted by molar-refractivity contribution is 0.00618. The van der Waals surface area contributed by atoms with Crippen LogP contribution >= 0.6 is 23.4 Å². The van der Waals surface area contributed by atoms with Gasteiger partial charge in [0, 0.05) is 29.6 Å². The lowest BCUT2D eigenvalue weighted by Crippen LogP contribution is -2.48. The number of pyridine rings is 1. The number of hydrogen-bond acceptors (Lipinski definition) is 6. The molecule has 0 bridgehead atoms. The standard InChI is InChI=1S/C29H28ClF2N5O2S/c1-29(2,3)39-28(38)36-12-10-19(13-18(36)9-11-33)37-15-34-25-26(37)20-14-21(30)22(16-5-7-17(31)8-6-16)23(32)24(20)35-27(25)40-4/h5-8,14-15,18-19H,9-10,12-13H2,1-4H3/t18-,19+/m1/s1. The SMILES string of the molecule is CSc1nc2c(F)c(-c3ccc(F)cc3)c(Cl)cc2c2c1ncn2[C@H]1CCN(C(=O)OC(C)(C)C)[C@H](CC#N)C1. The highest BCUT2D eigenvalue weighted by Crippen LogP contribution is 2.41. The molecule has 0 unspecified atom stereocenters. The van der Waals surface area contributed by atoms with Crippen molar-refractivity contribution in [1.29, 1.82) is 5.26 Å². The van der Waals surface area contributed by atoms with E-state index in [0.29, 0.717) is 46.4 Å². The normalized spacial score (nSPS) is 17.8. The van der Waals surface area contributed by atoms with Crippen molar-refractivity contribution in [2.75, 3.05) is 12.8 Å². The van der Waals surface area contributed by atoms with Crippen LogP contribution in [0.3, 0.4) is 0 Å². The topological polar surface area (TPSA) is 84.0 Å². The van der Waals surface area contributed by atoms with E-state index in [9.17, 15) is 14.4 Å². The number of likely N-dealkylation sites (tertiary alicyclic amines) is 1. The Balaban J connectivity index is 1.61. The molecule has 0 saturated carbocycles. The van der Waals surface area contributed by atoms with Gasteiger partial charge in [0.05, 0.1) is 29.4 Å². The average Bonchev–Trinajstić information content (AvgIpc) is 3.34. The van der Waals surface area contributed by atoms with Gasteiger partial charge in [-0.1, -0.05) is 23.7 Å². The van der Waals surface area contributed by atoms with Crippen LogP contribution in [0.2, 0.25) is 5.02 Å². The Morgan fingerprint density at radius 3 is 2.62 bits per heavy atom. The van der Waals surface area contributed by atoms with Crippen LogP contribution in [0.5, 0.6) is 0 Å². The van der Waals surface area contributed by atoms with Gasteiger partial charge in [-0.3, -0.25) is 0 Å². The van der Waals surface area contributed by atoms with E-state index in [1.807, 2.05) is 31.6 Å². The first kappa shape index (κ1) is 28.1. The van der Waals surface area contributed by atoms with E-state index in [1.54, 1.807) is 17.3 Å². The zero-order valence-electron chi connectivity index (χ0n) is 22.5. The fourth-order valence-corrected chi connectivity index (χ4v) is 6.11. The van der Waals surface area contributed by atoms with Gasteiger partial charge in [-0.2, -0.15) is 5.26 Å². The largest absolute Gasteiger partial charge is 0.444 e. The second kappa shape index (κ2) is 10.9. The molecule has 1 aliphatic heterocycles. The number of benzene rings is 2. The summed E-state index contributed by atoms with van der Waals surface area (Å²) in [6.45, 7) is 5.82. The van der Waals surface area contributed by atoms with Crippen molar-refractivity contribution in [1.82, 2.24) is 19.4 Å². The number of nitriles is 1. The van der Waals surface area contributed by atoms with Crippen LogP contribution in [0.1, 0.15) is 46.1 Å². The van der Waals surface area contributed by atoms with Crippen LogP contribution < -0.4 is 0 Å². The first-order valence-electron chi connectivity index (χ1n) is 12.9. The Bertz CT molecular complexity index is 1650. The van der Waals surface area contributed by atoms with Crippen molar-refractivity contribution in [2.45, 2.75) is 62.7 Å². The third-order valence-corrected chi connectivity index (χ3v) is 7.99. The van der Waals surface area contributed by atoms with E-state index >= 15 is 4.39 Å². The number of amides is 1. The van der Waals surface area contributed by atoms with Crippen LogP contribution in [0.4, 0.5) is 13.6 Å². The molecular weight excluding hydrogens is 556 g/mol. The third kappa shape index (κ3) is 5.20. The molecule has 40 heavy (non-hydrogen) atoms. The minimum Gasteiger partial charge on any atom is -0.444 e. The van der Waals surface area contributed by atoms with Crippen molar-refractivity contribution in [3.05, 3.63) is 53.3 Å². The van der Waals surface area contributed by atoms with E-state index in [-0.39, 0.29) is 34.6 Å². The highest BCUT2D eigenvalue weighted by atomic mass is 35.5. The number of nitrogens with zero attached hydrogens (tertiary/aromatic N) is 5. The molecule has 7 nitrogen and oxygen atoms in total. The quantitative estimate of drug-likeness (QED) is 0.228. The summed E-state index contributed by atoms with van der Waals surface area (Å²) in [6, 6.07) is 8.90. The Morgan fingerprint density at radius 2 is 1.98 bits per heavy atom. The summed E-state index contributed by atoms with van der Waals surface area (Å²) in [4.78, 5) is 23.8. The Hall–Kier alpha value is -3.42. The molecule has 1 aliphatic rings. The van der Waals surface area contributed by atoms with Gasteiger partial charge in [0.15, 0.2) is 5.82 Å². The number of fused-ring (bicyclic) bond motifs is 3. The molecule has 2 atom stereocenters. The zero-order chi connectivity index (χ0) is 28.8. The predicted octanol–water partition coefficient (Wildman–Crippen LogP) is 7.76. The number of halogens is 3. The second-order valence-corrected chi connectivity index (χ2v) is 12.0. The van der Waals surface area contributed by atoms with Crippen molar-refractivity contribution in [3.8, 4) is 17.2 Å². The first-order chi connectivity index (χ1) is 19.0. The van der Waals surface area contributed by atoms with Gasteiger partial charge in [-0.15, -0.1) is 11.8 Å². The molecule has 1 fully saturated rings. The van der Waals surface area contributed by atoms with Crippen LogP contribution in [-0.2, 0) is 4.74 Å². The lowest BCUT2D eigenvalue weighted by atomic mass is 9.95. The van der Waals surface area contributed by atoms with E-state index in [1.165, 1.54) is 36.0 Å². The molecule has 5 rings (SSSR count). The number of carbonyl (C=O) groups is 1. The second-order valence-electron chi connectivity index (χ2n) is 10.8. The Kier molecular flexibility index (Phi) is 7.64. The van der Waals surface area contributed by atoms with Gasteiger partial charge in [0.25, 0.3) is 0 Å².